The Balaban J connectivity index is 1.33. The predicted molar refractivity (Wildman–Crippen MR) is 182 cm³/mol. The fourth-order valence-corrected chi connectivity index (χ4v) is 6.74. The molecule has 1 spiro atoms. The van der Waals surface area contributed by atoms with Crippen LogP contribution in [0, 0.1) is 12.3 Å². The highest BCUT2D eigenvalue weighted by Gasteiger charge is 2.51. The van der Waals surface area contributed by atoms with Crippen LogP contribution in [0.1, 0.15) is 49.3 Å². The summed E-state index contributed by atoms with van der Waals surface area (Å²) in [5.74, 6) is -0.117. The SMILES string of the molecule is Cc1cc(C[C@H]2NC(=O)c3ccc4c(c3)C[C@]3(C4)C(=O)Nc4ncc(cc43)/C=C/COCCN(C)CCN(C)C2=O)cc(C=N)c1N. The third-order valence-electron chi connectivity index (χ3n) is 9.56. The molecule has 2 aliphatic heterocycles. The third kappa shape index (κ3) is 6.41. The van der Waals surface area contributed by atoms with Gasteiger partial charge in [0, 0.05) is 67.9 Å². The number of carbonyl (C=O) groups excluding carboxylic acids is 3. The number of nitrogens with two attached hydrogens (primary N) is 1. The average Bonchev–Trinajstić information content (AvgIpc) is 3.57. The van der Waals surface area contributed by atoms with Crippen LogP contribution >= 0.6 is 0 Å². The molecular weight excluding hydrogens is 594 g/mol. The van der Waals surface area contributed by atoms with Gasteiger partial charge in [-0.2, -0.15) is 0 Å². The van der Waals surface area contributed by atoms with Crippen molar-refractivity contribution in [2.75, 3.05) is 58.0 Å². The van der Waals surface area contributed by atoms with Gasteiger partial charge in [-0.1, -0.05) is 24.3 Å². The standard InChI is InChI=1S/C36H41N7O4/c1-22-13-24(14-28(20-37)31(22)38)16-30-34(45)43(3)9-8-42(2)10-12-47-11-4-5-23-15-29-32(39-21-23)41-35(46)36(29)18-26-7-6-25(33(44)40-30)17-27(26)19-36/h4-7,13-15,17,20-21,30,37H,8-12,16,18-19,38H2,1-3H3,(H,40,44)(H,39,41,46)/b5-4+,37-20?/t30-,36+/m1/s1. The fourth-order valence-electron chi connectivity index (χ4n) is 6.74. The summed E-state index contributed by atoms with van der Waals surface area (Å²) < 4.78 is 5.83. The Morgan fingerprint density at radius 3 is 2.70 bits per heavy atom. The molecule has 6 rings (SSSR count). The Morgan fingerprint density at radius 1 is 1.09 bits per heavy atom. The lowest BCUT2D eigenvalue weighted by atomic mass is 9.79. The lowest BCUT2D eigenvalue weighted by molar-refractivity contribution is -0.132. The first-order chi connectivity index (χ1) is 22.6. The van der Waals surface area contributed by atoms with Crippen molar-refractivity contribution in [3.63, 3.8) is 0 Å². The zero-order valence-corrected chi connectivity index (χ0v) is 27.1. The molecule has 2 atom stereocenters. The van der Waals surface area contributed by atoms with E-state index < -0.39 is 11.5 Å². The fraction of sp³-hybridized carbons (Fsp3) is 0.361. The van der Waals surface area contributed by atoms with Crippen LogP contribution in [0.2, 0.25) is 0 Å². The highest BCUT2D eigenvalue weighted by molar-refractivity contribution is 6.06. The van der Waals surface area contributed by atoms with Crippen molar-refractivity contribution < 1.29 is 19.1 Å². The second-order valence-corrected chi connectivity index (χ2v) is 12.9. The van der Waals surface area contributed by atoms with E-state index in [9.17, 15) is 14.4 Å². The second kappa shape index (κ2) is 13.1. The Hall–Kier alpha value is -4.87. The number of anilines is 2. The van der Waals surface area contributed by atoms with Crippen molar-refractivity contribution in [1.29, 1.82) is 5.41 Å². The molecule has 2 aromatic carbocycles. The van der Waals surface area contributed by atoms with E-state index in [1.807, 2.05) is 50.4 Å². The van der Waals surface area contributed by atoms with Crippen LogP contribution in [0.3, 0.4) is 0 Å². The molecule has 3 amide bonds. The van der Waals surface area contributed by atoms with Gasteiger partial charge in [0.25, 0.3) is 5.91 Å². The number of aryl methyl sites for hydroxylation is 1. The summed E-state index contributed by atoms with van der Waals surface area (Å²) in [6.45, 7) is 4.59. The van der Waals surface area contributed by atoms with E-state index in [4.69, 9.17) is 15.9 Å². The summed E-state index contributed by atoms with van der Waals surface area (Å²) in [6, 6.07) is 10.4. The van der Waals surface area contributed by atoms with E-state index in [-0.39, 0.29) is 24.1 Å². The zero-order chi connectivity index (χ0) is 33.3. The molecule has 11 heteroatoms. The van der Waals surface area contributed by atoms with Crippen LogP contribution < -0.4 is 16.4 Å². The molecule has 0 unspecified atom stereocenters. The van der Waals surface area contributed by atoms with E-state index in [0.29, 0.717) is 68.3 Å². The number of ether oxygens (including phenoxy) is 1. The number of pyridine rings is 1. The average molecular weight is 636 g/mol. The minimum Gasteiger partial charge on any atom is -0.398 e. The summed E-state index contributed by atoms with van der Waals surface area (Å²) in [4.78, 5) is 49.4. The van der Waals surface area contributed by atoms with Gasteiger partial charge in [0.15, 0.2) is 0 Å². The lowest BCUT2D eigenvalue weighted by Crippen LogP contribution is -2.50. The van der Waals surface area contributed by atoms with Crippen molar-refractivity contribution in [3.05, 3.63) is 93.2 Å². The van der Waals surface area contributed by atoms with Gasteiger partial charge in [0.2, 0.25) is 11.8 Å². The van der Waals surface area contributed by atoms with Gasteiger partial charge >= 0.3 is 0 Å². The number of nitrogen functional groups attached to an aromatic ring is 1. The minimum atomic E-state index is -0.857. The van der Waals surface area contributed by atoms with Crippen LogP contribution in [0.25, 0.3) is 6.08 Å². The second-order valence-electron chi connectivity index (χ2n) is 12.9. The van der Waals surface area contributed by atoms with Crippen LogP contribution in [-0.4, -0.2) is 91.7 Å². The number of benzene rings is 2. The van der Waals surface area contributed by atoms with Crippen molar-refractivity contribution >= 4 is 41.5 Å². The molecule has 1 aromatic heterocycles. The summed E-state index contributed by atoms with van der Waals surface area (Å²) in [5.41, 5.74) is 12.1. The first-order valence-corrected chi connectivity index (χ1v) is 15.9. The molecule has 0 saturated heterocycles. The molecule has 3 aliphatic rings. The van der Waals surface area contributed by atoms with Crippen LogP contribution in [0.4, 0.5) is 11.5 Å². The van der Waals surface area contributed by atoms with Gasteiger partial charge in [-0.15, -0.1) is 0 Å². The summed E-state index contributed by atoms with van der Waals surface area (Å²) in [6.07, 6.45) is 8.02. The normalized spacial score (nSPS) is 22.7. The number of fused-ring (bicyclic) bond motifs is 2. The first kappa shape index (κ1) is 32.1. The number of carbonyl (C=O) groups is 3. The maximum absolute atomic E-state index is 13.9. The molecule has 5 N–H and O–H groups in total. The first-order valence-electron chi connectivity index (χ1n) is 15.9. The molecule has 0 radical (unpaired) electrons. The smallest absolute Gasteiger partial charge is 0.251 e. The van der Waals surface area contributed by atoms with Gasteiger partial charge in [-0.3, -0.25) is 14.4 Å². The number of amides is 3. The van der Waals surface area contributed by atoms with Gasteiger partial charge in [-0.25, -0.2) is 4.98 Å². The maximum atomic E-state index is 13.9. The molecule has 0 saturated carbocycles. The highest BCUT2D eigenvalue weighted by Crippen LogP contribution is 2.47. The minimum absolute atomic E-state index is 0.0953. The molecule has 244 valence electrons. The number of likely N-dealkylation sites (N-methyl/N-ethyl adjacent to an activating group) is 2. The van der Waals surface area contributed by atoms with Crippen molar-refractivity contribution in [1.82, 2.24) is 20.1 Å². The van der Waals surface area contributed by atoms with Gasteiger partial charge in [-0.05, 0) is 78.9 Å². The number of nitrogens with one attached hydrogen (secondary N) is 3. The molecule has 5 bridgehead atoms. The number of hydrogen-bond donors (Lipinski definition) is 4. The summed E-state index contributed by atoms with van der Waals surface area (Å²) in [5, 5.41) is 13.8. The van der Waals surface area contributed by atoms with E-state index in [2.05, 4.69) is 20.5 Å². The summed E-state index contributed by atoms with van der Waals surface area (Å²) >= 11 is 0. The Labute approximate surface area is 274 Å². The van der Waals surface area contributed by atoms with Crippen LogP contribution in [0.15, 0.2) is 48.7 Å². The topological polar surface area (TPSA) is 154 Å². The van der Waals surface area contributed by atoms with E-state index in [0.717, 1.165) is 33.4 Å². The Morgan fingerprint density at radius 2 is 1.89 bits per heavy atom. The Kier molecular flexibility index (Phi) is 8.94. The number of hydrogen-bond acceptors (Lipinski definition) is 8. The van der Waals surface area contributed by atoms with E-state index in [1.54, 1.807) is 30.3 Å². The monoisotopic (exact) mass is 635 g/mol. The lowest BCUT2D eigenvalue weighted by Gasteiger charge is -2.27. The van der Waals surface area contributed by atoms with Crippen LogP contribution in [-0.2, 0) is 39.0 Å². The molecule has 3 aromatic rings. The maximum Gasteiger partial charge on any atom is 0.251 e. The third-order valence-corrected chi connectivity index (χ3v) is 9.56. The van der Waals surface area contributed by atoms with E-state index >= 15 is 0 Å². The summed E-state index contributed by atoms with van der Waals surface area (Å²) in [7, 11) is 3.72. The van der Waals surface area contributed by atoms with Gasteiger partial charge < -0.3 is 36.3 Å². The molecular formula is C36H41N7O4. The Bertz CT molecular complexity index is 1790. The predicted octanol–water partition coefficient (Wildman–Crippen LogP) is 2.73. The van der Waals surface area contributed by atoms with Crippen molar-refractivity contribution in [3.8, 4) is 0 Å². The zero-order valence-electron chi connectivity index (χ0n) is 27.1. The number of nitrogens with zero attached hydrogens (tertiary/aromatic N) is 3. The molecule has 1 aliphatic carbocycles. The van der Waals surface area contributed by atoms with E-state index in [1.165, 1.54) is 6.21 Å². The van der Waals surface area contributed by atoms with Gasteiger partial charge in [0.1, 0.15) is 11.9 Å². The number of rotatable bonds is 3. The van der Waals surface area contributed by atoms with Crippen molar-refractivity contribution in [2.45, 2.75) is 37.6 Å². The molecule has 0 fully saturated rings. The van der Waals surface area contributed by atoms with Crippen molar-refractivity contribution in [2.24, 2.45) is 0 Å². The largest absolute Gasteiger partial charge is 0.398 e. The quantitative estimate of drug-likeness (QED) is 0.255. The molecule has 3 heterocycles. The van der Waals surface area contributed by atoms with Gasteiger partial charge in [0.05, 0.1) is 18.6 Å². The number of aromatic nitrogens is 1. The molecule has 47 heavy (non-hydrogen) atoms. The molecule has 11 nitrogen and oxygen atoms in total. The highest BCUT2D eigenvalue weighted by atomic mass is 16.5. The van der Waals surface area contributed by atoms with Crippen LogP contribution in [0.5, 0.6) is 0 Å².